The fourth-order valence-corrected chi connectivity index (χ4v) is 0.752. The molecule has 0 aromatic heterocycles. The van der Waals surface area contributed by atoms with Gasteiger partial charge in [0.1, 0.15) is 0 Å². The van der Waals surface area contributed by atoms with Crippen LogP contribution < -0.4 is 5.32 Å². The maximum absolute atomic E-state index is 10.8. The lowest BCUT2D eigenvalue weighted by atomic mass is 10.4. The van der Waals surface area contributed by atoms with Crippen molar-refractivity contribution in [1.29, 1.82) is 0 Å². The molecule has 0 saturated heterocycles. The van der Waals surface area contributed by atoms with Crippen LogP contribution in [0, 0.1) is 0 Å². The zero-order valence-electron chi connectivity index (χ0n) is 6.93. The highest BCUT2D eigenvalue weighted by Crippen LogP contribution is 1.85. The van der Waals surface area contributed by atoms with Crippen molar-refractivity contribution in [1.82, 2.24) is 5.32 Å². The number of halogens is 1. The predicted molar refractivity (Wildman–Crippen MR) is 45.0 cm³/mol. The maximum Gasteiger partial charge on any atom is 0.307 e. The van der Waals surface area contributed by atoms with Gasteiger partial charge in [-0.05, 0) is 0 Å². The predicted octanol–water partition coefficient (Wildman–Crippen LogP) is 0.295. The van der Waals surface area contributed by atoms with Gasteiger partial charge in [-0.25, -0.2) is 0 Å². The summed E-state index contributed by atoms with van der Waals surface area (Å²) < 4.78 is 4.38. The molecule has 70 valence electrons. The van der Waals surface area contributed by atoms with Gasteiger partial charge in [-0.2, -0.15) is 0 Å². The highest BCUT2D eigenvalue weighted by Gasteiger charge is 2.02. The molecular weight excluding hydrogens is 182 g/mol. The second-order valence-electron chi connectivity index (χ2n) is 2.12. The highest BCUT2D eigenvalue weighted by atomic mass is 35.5. The Morgan fingerprint density at radius 1 is 1.42 bits per heavy atom. The quantitative estimate of drug-likeness (QED) is 0.505. The largest absolute Gasteiger partial charge is 0.469 e. The van der Waals surface area contributed by atoms with Crippen LogP contribution in [0.5, 0.6) is 0 Å². The van der Waals surface area contributed by atoms with Gasteiger partial charge in [0.15, 0.2) is 0 Å². The summed E-state index contributed by atoms with van der Waals surface area (Å²) in [5.41, 5.74) is 0. The molecule has 1 amide bonds. The van der Waals surface area contributed by atoms with Crippen LogP contribution in [-0.2, 0) is 14.3 Å². The van der Waals surface area contributed by atoms with Gasteiger partial charge in [0.05, 0.1) is 13.5 Å². The zero-order valence-corrected chi connectivity index (χ0v) is 7.69. The Morgan fingerprint density at radius 2 is 2.08 bits per heavy atom. The van der Waals surface area contributed by atoms with E-state index in [0.29, 0.717) is 12.4 Å². The summed E-state index contributed by atoms with van der Waals surface area (Å²) in [6.45, 7) is 0.308. The van der Waals surface area contributed by atoms with Crippen LogP contribution in [0.4, 0.5) is 0 Å². The lowest BCUT2D eigenvalue weighted by Crippen LogP contribution is -2.26. The number of nitrogens with one attached hydrogen (secondary N) is 1. The summed E-state index contributed by atoms with van der Waals surface area (Å²) in [5.74, 6) is -0.181. The van der Waals surface area contributed by atoms with Crippen LogP contribution in [0.2, 0.25) is 0 Å². The number of alkyl halides is 1. The van der Waals surface area contributed by atoms with Crippen molar-refractivity contribution in [2.75, 3.05) is 19.5 Å². The number of hydrogen-bond donors (Lipinski definition) is 1. The van der Waals surface area contributed by atoms with Crippen LogP contribution in [0.1, 0.15) is 12.8 Å². The van der Waals surface area contributed by atoms with Gasteiger partial charge in [0, 0.05) is 18.8 Å². The first-order valence-electron chi connectivity index (χ1n) is 3.60. The summed E-state index contributed by atoms with van der Waals surface area (Å²) in [5, 5.41) is 2.52. The standard InChI is InChI=1S/C7H12ClNO3/c1-12-7(11)3-5-9-6(10)2-4-8/h2-5H2,1H3,(H,9,10). The normalized spacial score (nSPS) is 9.17. The first-order chi connectivity index (χ1) is 5.70. The second kappa shape index (κ2) is 6.91. The molecule has 5 heteroatoms. The smallest absolute Gasteiger partial charge is 0.307 e. The molecule has 0 aromatic carbocycles. The maximum atomic E-state index is 10.8. The molecule has 1 N–H and O–H groups in total. The lowest BCUT2D eigenvalue weighted by molar-refractivity contribution is -0.140. The van der Waals surface area contributed by atoms with Gasteiger partial charge >= 0.3 is 5.97 Å². The van der Waals surface area contributed by atoms with Gasteiger partial charge in [-0.1, -0.05) is 0 Å². The molecule has 4 nitrogen and oxygen atoms in total. The molecule has 0 heterocycles. The van der Waals surface area contributed by atoms with Gasteiger partial charge in [-0.15, -0.1) is 11.6 Å². The molecule has 0 fully saturated rings. The van der Waals surface area contributed by atoms with Crippen LogP contribution in [0.15, 0.2) is 0 Å². The molecule has 0 bridgehead atoms. The minimum Gasteiger partial charge on any atom is -0.469 e. The minimum absolute atomic E-state index is 0.145. The SMILES string of the molecule is COC(=O)CCNC(=O)CCCl. The van der Waals surface area contributed by atoms with Crippen LogP contribution in [0.3, 0.4) is 0 Å². The molecule has 0 aliphatic heterocycles. The molecule has 0 spiro atoms. The Kier molecular flexibility index (Phi) is 6.47. The monoisotopic (exact) mass is 193 g/mol. The molecule has 0 radical (unpaired) electrons. The topological polar surface area (TPSA) is 55.4 Å². The van der Waals surface area contributed by atoms with Crippen molar-refractivity contribution >= 4 is 23.5 Å². The summed E-state index contributed by atoms with van der Waals surface area (Å²) >= 11 is 5.31. The molecule has 0 atom stereocenters. The van der Waals surface area contributed by atoms with Gasteiger partial charge in [-0.3, -0.25) is 9.59 Å². The van der Waals surface area contributed by atoms with Crippen molar-refractivity contribution in [2.45, 2.75) is 12.8 Å². The Hall–Kier alpha value is -0.770. The highest BCUT2D eigenvalue weighted by molar-refractivity contribution is 6.18. The van der Waals surface area contributed by atoms with E-state index in [1.54, 1.807) is 0 Å². The number of carbonyl (C=O) groups excluding carboxylic acids is 2. The first-order valence-corrected chi connectivity index (χ1v) is 4.13. The molecular formula is C7H12ClNO3. The lowest BCUT2D eigenvalue weighted by Gasteiger charge is -2.01. The summed E-state index contributed by atoms with van der Waals surface area (Å²) in [6.07, 6.45) is 0.479. The fraction of sp³-hybridized carbons (Fsp3) is 0.714. The Balaban J connectivity index is 3.30. The third-order valence-corrected chi connectivity index (χ3v) is 1.39. The first kappa shape index (κ1) is 11.2. The van der Waals surface area contributed by atoms with E-state index in [0.717, 1.165) is 0 Å². The minimum atomic E-state index is -0.332. The van der Waals surface area contributed by atoms with Gasteiger partial charge < -0.3 is 10.1 Å². The van der Waals surface area contributed by atoms with Gasteiger partial charge in [0.25, 0.3) is 0 Å². The van der Waals surface area contributed by atoms with Crippen molar-refractivity contribution in [3.63, 3.8) is 0 Å². The number of esters is 1. The average molecular weight is 194 g/mol. The van der Waals surface area contributed by atoms with E-state index in [1.165, 1.54) is 7.11 Å². The molecule has 0 aliphatic carbocycles. The zero-order chi connectivity index (χ0) is 9.40. The Morgan fingerprint density at radius 3 is 2.58 bits per heavy atom. The molecule has 12 heavy (non-hydrogen) atoms. The van der Waals surface area contributed by atoms with E-state index in [4.69, 9.17) is 11.6 Å². The van der Waals surface area contributed by atoms with E-state index >= 15 is 0 Å². The van der Waals surface area contributed by atoms with E-state index in [-0.39, 0.29) is 24.7 Å². The Bertz CT molecular complexity index is 161. The fourth-order valence-electron chi connectivity index (χ4n) is 0.580. The number of amides is 1. The molecule has 0 unspecified atom stereocenters. The van der Waals surface area contributed by atoms with Gasteiger partial charge in [0.2, 0.25) is 5.91 Å². The molecule has 0 aromatic rings. The number of ether oxygens (including phenoxy) is 1. The number of carbonyl (C=O) groups is 2. The van der Waals surface area contributed by atoms with Crippen molar-refractivity contribution in [2.24, 2.45) is 0 Å². The van der Waals surface area contributed by atoms with Crippen molar-refractivity contribution in [3.8, 4) is 0 Å². The van der Waals surface area contributed by atoms with E-state index in [2.05, 4.69) is 10.1 Å². The van der Waals surface area contributed by atoms with Crippen LogP contribution >= 0.6 is 11.6 Å². The van der Waals surface area contributed by atoms with Crippen LogP contribution in [0.25, 0.3) is 0 Å². The summed E-state index contributed by atoms with van der Waals surface area (Å²) in [4.78, 5) is 21.3. The summed E-state index contributed by atoms with van der Waals surface area (Å²) in [6, 6.07) is 0. The average Bonchev–Trinajstić information content (AvgIpc) is 2.04. The molecule has 0 saturated carbocycles. The molecule has 0 rings (SSSR count). The summed E-state index contributed by atoms with van der Waals surface area (Å²) in [7, 11) is 1.31. The van der Waals surface area contributed by atoms with Crippen molar-refractivity contribution in [3.05, 3.63) is 0 Å². The van der Waals surface area contributed by atoms with E-state index < -0.39 is 0 Å². The van der Waals surface area contributed by atoms with Crippen molar-refractivity contribution < 1.29 is 14.3 Å². The van der Waals surface area contributed by atoms with E-state index in [1.807, 2.05) is 0 Å². The van der Waals surface area contributed by atoms with Crippen LogP contribution in [-0.4, -0.2) is 31.4 Å². The third-order valence-electron chi connectivity index (χ3n) is 1.20. The molecule has 0 aliphatic rings. The number of methoxy groups -OCH3 is 1. The third kappa shape index (κ3) is 5.97. The Labute approximate surface area is 76.2 Å². The number of hydrogen-bond acceptors (Lipinski definition) is 3. The van der Waals surface area contributed by atoms with E-state index in [9.17, 15) is 9.59 Å². The second-order valence-corrected chi connectivity index (χ2v) is 2.49. The number of rotatable bonds is 5.